The van der Waals surface area contributed by atoms with Gasteiger partial charge in [-0.3, -0.25) is 4.79 Å². The average Bonchev–Trinajstić information content (AvgIpc) is 3.12. The summed E-state index contributed by atoms with van der Waals surface area (Å²) in [5, 5.41) is 0.732. The number of benzene rings is 1. The molecule has 2 aromatic rings. The van der Waals surface area contributed by atoms with Crippen LogP contribution in [-0.4, -0.2) is 43.0 Å². The molecule has 1 aliphatic carbocycles. The molecule has 1 amide bonds. The van der Waals surface area contributed by atoms with Gasteiger partial charge in [0.2, 0.25) is 0 Å². The summed E-state index contributed by atoms with van der Waals surface area (Å²) in [6, 6.07) is 8.41. The molecule has 2 N–H and O–H groups in total. The highest BCUT2D eigenvalue weighted by atomic mass is 32.1. The fourth-order valence-corrected chi connectivity index (χ4v) is 5.48. The lowest BCUT2D eigenvalue weighted by Gasteiger charge is -2.26. The number of carbonyl (C=O) groups excluding carboxylic acids is 1. The number of nitrogens with two attached hydrogens (primary N) is 1. The highest BCUT2D eigenvalue weighted by molar-refractivity contribution is 7.16. The number of likely N-dealkylation sites (tertiary alicyclic amines) is 1. The van der Waals surface area contributed by atoms with Crippen molar-refractivity contribution in [1.29, 1.82) is 0 Å². The molecule has 28 heavy (non-hydrogen) atoms. The fourth-order valence-electron chi connectivity index (χ4n) is 3.98. The fraction of sp³-hybridized carbons (Fsp3) is 0.455. The largest absolute Gasteiger partial charge is 0.332 e. The van der Waals surface area contributed by atoms with E-state index >= 15 is 0 Å². The number of aromatic nitrogens is 1. The van der Waals surface area contributed by atoms with Crippen molar-refractivity contribution in [1.82, 2.24) is 9.88 Å². The van der Waals surface area contributed by atoms with Crippen LogP contribution < -0.4 is 5.73 Å². The Bertz CT molecular complexity index is 982. The van der Waals surface area contributed by atoms with E-state index in [0.717, 1.165) is 22.0 Å². The third kappa shape index (κ3) is 3.79. The second-order valence-electron chi connectivity index (χ2n) is 8.99. The molecule has 2 aliphatic rings. The Morgan fingerprint density at radius 2 is 2.18 bits per heavy atom. The highest BCUT2D eigenvalue weighted by Gasteiger charge is 2.53. The molecule has 1 saturated carbocycles. The summed E-state index contributed by atoms with van der Waals surface area (Å²) in [6.07, 6.45) is 1.21. The van der Waals surface area contributed by atoms with Crippen LogP contribution in [-0.2, 0) is 0 Å². The van der Waals surface area contributed by atoms with E-state index in [9.17, 15) is 4.79 Å². The number of thiazole rings is 1. The number of piperidine rings is 1. The average molecular weight is 410 g/mol. The van der Waals surface area contributed by atoms with E-state index in [2.05, 4.69) is 56.2 Å². The molecule has 4 nitrogen and oxygen atoms in total. The van der Waals surface area contributed by atoms with Gasteiger partial charge in [0.05, 0.1) is 4.88 Å². The summed E-state index contributed by atoms with van der Waals surface area (Å²) in [7, 11) is -1.52. The van der Waals surface area contributed by atoms with Crippen LogP contribution in [0.15, 0.2) is 24.3 Å². The van der Waals surface area contributed by atoms with E-state index in [1.807, 2.05) is 11.0 Å². The molecule has 0 unspecified atom stereocenters. The number of nitrogens with zero attached hydrogens (tertiary/aromatic N) is 2. The van der Waals surface area contributed by atoms with Crippen LogP contribution in [0.2, 0.25) is 19.6 Å². The Labute approximate surface area is 172 Å². The molecule has 1 saturated heterocycles. The first kappa shape index (κ1) is 19.4. The lowest BCUT2D eigenvalue weighted by molar-refractivity contribution is 0.0708. The minimum atomic E-state index is -1.52. The normalized spacial score (nSPS) is 23.2. The molecule has 0 spiro atoms. The molecular weight excluding hydrogens is 382 g/mol. The van der Waals surface area contributed by atoms with Gasteiger partial charge in [-0.25, -0.2) is 4.98 Å². The summed E-state index contributed by atoms with van der Waals surface area (Å²) >= 11 is 1.53. The summed E-state index contributed by atoms with van der Waals surface area (Å²) < 4.78 is 0. The molecular formula is C22H27N3OSSi. The molecule has 3 atom stereocenters. The predicted octanol–water partition coefficient (Wildman–Crippen LogP) is 3.77. The van der Waals surface area contributed by atoms with Crippen molar-refractivity contribution < 1.29 is 4.79 Å². The van der Waals surface area contributed by atoms with E-state index in [-0.39, 0.29) is 11.9 Å². The van der Waals surface area contributed by atoms with E-state index < -0.39 is 8.07 Å². The lowest BCUT2D eigenvalue weighted by atomic mass is 10.1. The van der Waals surface area contributed by atoms with Crippen molar-refractivity contribution in [3.05, 3.63) is 40.5 Å². The first-order valence-electron chi connectivity index (χ1n) is 9.89. The summed E-state index contributed by atoms with van der Waals surface area (Å²) in [6.45, 7) is 10.0. The van der Waals surface area contributed by atoms with E-state index in [4.69, 9.17) is 10.7 Å². The smallest absolute Gasteiger partial charge is 0.274 e. The van der Waals surface area contributed by atoms with Gasteiger partial charge in [-0.15, -0.1) is 16.9 Å². The quantitative estimate of drug-likeness (QED) is 0.620. The number of carbonyl (C=O) groups is 1. The van der Waals surface area contributed by atoms with Crippen LogP contribution in [0.3, 0.4) is 0 Å². The summed E-state index contributed by atoms with van der Waals surface area (Å²) in [5.74, 6) is 4.47. The summed E-state index contributed by atoms with van der Waals surface area (Å²) in [5.41, 5.74) is 12.1. The molecule has 1 aromatic carbocycles. The van der Waals surface area contributed by atoms with E-state index in [1.54, 1.807) is 0 Å². The zero-order valence-electron chi connectivity index (χ0n) is 17.0. The standard InChI is InChI=1S/C22H27N3OSSi/c1-14-6-5-7-15(10-14)21-20(24-19(27-21)8-9-28(2,3)4)22(26)25-13-16-11-17(16)18(25)12-23/h5-7,10,16-18H,11-13,23H2,1-4H3/t16-,17-,18-/m1/s1. The zero-order valence-corrected chi connectivity index (χ0v) is 18.8. The van der Waals surface area contributed by atoms with Gasteiger partial charge < -0.3 is 10.6 Å². The number of rotatable bonds is 3. The summed E-state index contributed by atoms with van der Waals surface area (Å²) in [4.78, 5) is 21.0. The first-order chi connectivity index (χ1) is 13.3. The molecule has 2 fully saturated rings. The van der Waals surface area contributed by atoms with E-state index in [1.165, 1.54) is 23.3 Å². The van der Waals surface area contributed by atoms with Crippen LogP contribution in [0, 0.1) is 30.2 Å². The van der Waals surface area contributed by atoms with Crippen LogP contribution >= 0.6 is 11.3 Å². The Morgan fingerprint density at radius 3 is 2.86 bits per heavy atom. The van der Waals surface area contributed by atoms with Crippen molar-refractivity contribution in [3.63, 3.8) is 0 Å². The van der Waals surface area contributed by atoms with Gasteiger partial charge in [0.1, 0.15) is 13.8 Å². The highest BCUT2D eigenvalue weighted by Crippen LogP contribution is 2.49. The molecule has 0 radical (unpaired) electrons. The topological polar surface area (TPSA) is 59.2 Å². The zero-order chi connectivity index (χ0) is 20.1. The lowest BCUT2D eigenvalue weighted by Crippen LogP contribution is -2.43. The van der Waals surface area contributed by atoms with Crippen molar-refractivity contribution in [2.75, 3.05) is 13.1 Å². The number of hydrogen-bond acceptors (Lipinski definition) is 4. The Kier molecular flexibility index (Phi) is 4.94. The van der Waals surface area contributed by atoms with Crippen molar-refractivity contribution in [2.45, 2.75) is 39.0 Å². The van der Waals surface area contributed by atoms with Gasteiger partial charge in [-0.05, 0) is 36.7 Å². The van der Waals surface area contributed by atoms with Crippen LogP contribution in [0.25, 0.3) is 10.4 Å². The third-order valence-electron chi connectivity index (χ3n) is 5.46. The number of hydrogen-bond donors (Lipinski definition) is 1. The number of amides is 1. The van der Waals surface area contributed by atoms with Crippen molar-refractivity contribution in [2.24, 2.45) is 17.6 Å². The monoisotopic (exact) mass is 409 g/mol. The second kappa shape index (κ2) is 7.14. The Morgan fingerprint density at radius 1 is 1.39 bits per heavy atom. The maximum absolute atomic E-state index is 13.5. The third-order valence-corrected chi connectivity index (χ3v) is 7.35. The Hall–Kier alpha value is -1.94. The second-order valence-corrected chi connectivity index (χ2v) is 14.7. The van der Waals surface area contributed by atoms with Crippen molar-refractivity contribution >= 4 is 25.3 Å². The molecule has 4 rings (SSSR count). The predicted molar refractivity (Wildman–Crippen MR) is 118 cm³/mol. The van der Waals surface area contributed by atoms with Crippen LogP contribution in [0.5, 0.6) is 0 Å². The minimum Gasteiger partial charge on any atom is -0.332 e. The molecule has 2 heterocycles. The molecule has 0 bridgehead atoms. The van der Waals surface area contributed by atoms with Gasteiger partial charge in [0, 0.05) is 19.1 Å². The number of aryl methyl sites for hydroxylation is 1. The molecule has 1 aromatic heterocycles. The number of fused-ring (bicyclic) bond motifs is 1. The first-order valence-corrected chi connectivity index (χ1v) is 14.2. The molecule has 146 valence electrons. The Balaban J connectivity index is 1.75. The minimum absolute atomic E-state index is 0.0106. The maximum atomic E-state index is 13.5. The van der Waals surface area contributed by atoms with Gasteiger partial charge in [-0.1, -0.05) is 49.5 Å². The van der Waals surface area contributed by atoms with Crippen LogP contribution in [0.4, 0.5) is 0 Å². The van der Waals surface area contributed by atoms with Gasteiger partial charge in [-0.2, -0.15) is 0 Å². The molecule has 6 heteroatoms. The van der Waals surface area contributed by atoms with Gasteiger partial charge in [0.25, 0.3) is 5.91 Å². The SMILES string of the molecule is Cc1cccc(-c2sc(C#C[Si](C)(C)C)nc2C(=O)N2C[C@H]3C[C@H]3[C@H]2CN)c1. The van der Waals surface area contributed by atoms with E-state index in [0.29, 0.717) is 24.1 Å². The van der Waals surface area contributed by atoms with Crippen molar-refractivity contribution in [3.8, 4) is 21.9 Å². The maximum Gasteiger partial charge on any atom is 0.274 e. The van der Waals surface area contributed by atoms with Gasteiger partial charge in [0.15, 0.2) is 5.01 Å². The van der Waals surface area contributed by atoms with Crippen LogP contribution in [0.1, 0.15) is 27.5 Å². The van der Waals surface area contributed by atoms with Gasteiger partial charge >= 0.3 is 0 Å². The molecule has 1 aliphatic heterocycles.